The highest BCUT2D eigenvalue weighted by atomic mass is 16.5. The van der Waals surface area contributed by atoms with Crippen molar-refractivity contribution in [2.75, 3.05) is 18.5 Å². The number of amides is 1. The Morgan fingerprint density at radius 2 is 1.84 bits per heavy atom. The summed E-state index contributed by atoms with van der Waals surface area (Å²) < 4.78 is 8.27. The van der Waals surface area contributed by atoms with Crippen LogP contribution < -0.4 is 16.6 Å². The quantitative estimate of drug-likeness (QED) is 0.353. The minimum atomic E-state index is -0.507. The molecular weight excluding hydrogens is 408 g/mol. The van der Waals surface area contributed by atoms with Crippen LogP contribution in [-0.2, 0) is 22.6 Å². The fourth-order valence-corrected chi connectivity index (χ4v) is 3.67. The first-order chi connectivity index (χ1) is 15.5. The number of nitrogens with one attached hydrogen (secondary N) is 1. The molecule has 0 saturated heterocycles. The molecule has 0 fully saturated rings. The molecule has 32 heavy (non-hydrogen) atoms. The third kappa shape index (κ3) is 5.85. The summed E-state index contributed by atoms with van der Waals surface area (Å²) in [7, 11) is 0. The molecule has 0 aliphatic rings. The zero-order valence-electron chi connectivity index (χ0n) is 18.4. The van der Waals surface area contributed by atoms with Crippen LogP contribution in [0, 0.1) is 0 Å². The lowest BCUT2D eigenvalue weighted by Gasteiger charge is -2.10. The Hall–Kier alpha value is -3.39. The molecule has 3 rings (SSSR count). The van der Waals surface area contributed by atoms with Crippen molar-refractivity contribution in [1.29, 1.82) is 0 Å². The number of carbonyl (C=O) groups is 2. The summed E-state index contributed by atoms with van der Waals surface area (Å²) in [5.41, 5.74) is 7.18. The summed E-state index contributed by atoms with van der Waals surface area (Å²) >= 11 is 0. The number of anilines is 1. The molecule has 2 heterocycles. The van der Waals surface area contributed by atoms with Gasteiger partial charge in [-0.05, 0) is 50.6 Å². The van der Waals surface area contributed by atoms with Crippen molar-refractivity contribution in [2.24, 2.45) is 5.73 Å². The topological polar surface area (TPSA) is 108 Å². The fourth-order valence-electron chi connectivity index (χ4n) is 3.67. The molecule has 1 amide bonds. The van der Waals surface area contributed by atoms with Crippen molar-refractivity contribution in [3.05, 3.63) is 64.7 Å². The number of unbranched alkanes of at least 4 members (excludes halogenated alkanes) is 3. The van der Waals surface area contributed by atoms with Crippen LogP contribution in [0.3, 0.4) is 0 Å². The normalized spacial score (nSPS) is 10.9. The molecule has 0 aliphatic heterocycles. The number of nitrogens with zero attached hydrogens (tertiary/aromatic N) is 2. The third-order valence-corrected chi connectivity index (χ3v) is 5.26. The van der Waals surface area contributed by atoms with Crippen LogP contribution in [0.15, 0.2) is 53.6 Å². The van der Waals surface area contributed by atoms with E-state index in [9.17, 15) is 14.4 Å². The Morgan fingerprint density at radius 1 is 1.03 bits per heavy atom. The molecule has 8 heteroatoms. The molecule has 1 aromatic carbocycles. The lowest BCUT2D eigenvalue weighted by molar-refractivity contribution is -0.143. The number of rotatable bonds is 11. The minimum absolute atomic E-state index is 0.208. The Bertz CT molecular complexity index is 1130. The van der Waals surface area contributed by atoms with Crippen LogP contribution in [0.25, 0.3) is 10.9 Å². The van der Waals surface area contributed by atoms with E-state index >= 15 is 0 Å². The van der Waals surface area contributed by atoms with Gasteiger partial charge in [0, 0.05) is 41.5 Å². The zero-order chi connectivity index (χ0) is 22.9. The Balaban J connectivity index is 1.73. The standard InChI is InChI=1S/C24H30N4O4/c1-2-32-23(30)17-28-16-18(10-11-22(28)29)26-24(31)20-8-7-9-21-19(20)12-15-27(21)14-6-4-3-5-13-25/h7-12,15-16H,2-6,13-14,17,25H2,1H3,(H,26,31). The number of aromatic nitrogens is 2. The first-order valence-electron chi connectivity index (χ1n) is 11.0. The summed E-state index contributed by atoms with van der Waals surface area (Å²) in [6.07, 6.45) is 7.81. The van der Waals surface area contributed by atoms with Gasteiger partial charge in [-0.25, -0.2) is 0 Å². The largest absolute Gasteiger partial charge is 0.465 e. The van der Waals surface area contributed by atoms with Crippen LogP contribution >= 0.6 is 0 Å². The Morgan fingerprint density at radius 3 is 2.62 bits per heavy atom. The number of hydrogen-bond donors (Lipinski definition) is 2. The molecule has 3 N–H and O–H groups in total. The predicted octanol–water partition coefficient (Wildman–Crippen LogP) is 3.14. The minimum Gasteiger partial charge on any atom is -0.465 e. The highest BCUT2D eigenvalue weighted by Gasteiger charge is 2.14. The number of carbonyl (C=O) groups excluding carboxylic acids is 2. The second-order valence-electron chi connectivity index (χ2n) is 7.59. The summed E-state index contributed by atoms with van der Waals surface area (Å²) in [6.45, 7) is 3.35. The van der Waals surface area contributed by atoms with E-state index in [1.807, 2.05) is 24.4 Å². The molecule has 8 nitrogen and oxygen atoms in total. The van der Waals surface area contributed by atoms with E-state index in [1.54, 1.807) is 13.0 Å². The number of fused-ring (bicyclic) bond motifs is 1. The summed E-state index contributed by atoms with van der Waals surface area (Å²) in [4.78, 5) is 36.7. The second-order valence-corrected chi connectivity index (χ2v) is 7.59. The van der Waals surface area contributed by atoms with E-state index in [4.69, 9.17) is 10.5 Å². The van der Waals surface area contributed by atoms with Gasteiger partial charge in [-0.3, -0.25) is 14.4 Å². The number of pyridine rings is 1. The maximum atomic E-state index is 13.0. The molecule has 0 atom stereocenters. The first kappa shape index (κ1) is 23.3. The fraction of sp³-hybridized carbons (Fsp3) is 0.375. The lowest BCUT2D eigenvalue weighted by atomic mass is 10.1. The van der Waals surface area contributed by atoms with Gasteiger partial charge in [0.1, 0.15) is 6.54 Å². The molecule has 0 saturated carbocycles. The molecule has 0 aliphatic carbocycles. The van der Waals surface area contributed by atoms with Crippen LogP contribution in [0.1, 0.15) is 43.0 Å². The van der Waals surface area contributed by atoms with Gasteiger partial charge in [0.15, 0.2) is 0 Å². The van der Waals surface area contributed by atoms with Gasteiger partial charge < -0.3 is 24.9 Å². The van der Waals surface area contributed by atoms with E-state index in [1.165, 1.54) is 22.9 Å². The van der Waals surface area contributed by atoms with Crippen molar-refractivity contribution < 1.29 is 14.3 Å². The van der Waals surface area contributed by atoms with E-state index in [2.05, 4.69) is 9.88 Å². The van der Waals surface area contributed by atoms with Gasteiger partial charge in [-0.2, -0.15) is 0 Å². The van der Waals surface area contributed by atoms with Crippen molar-refractivity contribution >= 4 is 28.5 Å². The Labute approximate surface area is 187 Å². The molecule has 0 unspecified atom stereocenters. The van der Waals surface area contributed by atoms with E-state index in [0.717, 1.165) is 49.7 Å². The van der Waals surface area contributed by atoms with Crippen LogP contribution in [0.4, 0.5) is 5.69 Å². The van der Waals surface area contributed by atoms with E-state index in [-0.39, 0.29) is 24.6 Å². The number of aryl methyl sites for hydroxylation is 1. The second kappa shape index (κ2) is 11.3. The predicted molar refractivity (Wildman–Crippen MR) is 125 cm³/mol. The first-order valence-corrected chi connectivity index (χ1v) is 11.0. The summed E-state index contributed by atoms with van der Waals surface area (Å²) in [6, 6.07) is 10.4. The van der Waals surface area contributed by atoms with Crippen molar-refractivity contribution in [3.63, 3.8) is 0 Å². The van der Waals surface area contributed by atoms with Crippen molar-refractivity contribution in [3.8, 4) is 0 Å². The lowest BCUT2D eigenvalue weighted by Crippen LogP contribution is -2.25. The van der Waals surface area contributed by atoms with Gasteiger partial charge in [-0.15, -0.1) is 0 Å². The highest BCUT2D eigenvalue weighted by Crippen LogP contribution is 2.22. The van der Waals surface area contributed by atoms with Crippen molar-refractivity contribution in [2.45, 2.75) is 45.7 Å². The van der Waals surface area contributed by atoms with E-state index in [0.29, 0.717) is 11.3 Å². The molecule has 0 radical (unpaired) electrons. The molecule has 2 aromatic heterocycles. The van der Waals surface area contributed by atoms with Crippen LogP contribution in [-0.4, -0.2) is 34.2 Å². The monoisotopic (exact) mass is 438 g/mol. The van der Waals surface area contributed by atoms with Crippen LogP contribution in [0.2, 0.25) is 0 Å². The number of benzene rings is 1. The maximum absolute atomic E-state index is 13.0. The smallest absolute Gasteiger partial charge is 0.326 e. The average molecular weight is 439 g/mol. The van der Waals surface area contributed by atoms with Crippen LogP contribution in [0.5, 0.6) is 0 Å². The SMILES string of the molecule is CCOC(=O)Cn1cc(NC(=O)c2cccc3c2ccn3CCCCCCN)ccc1=O. The number of ether oxygens (including phenoxy) is 1. The van der Waals surface area contributed by atoms with Gasteiger partial charge >= 0.3 is 5.97 Å². The summed E-state index contributed by atoms with van der Waals surface area (Å²) in [5, 5.41) is 3.69. The van der Waals surface area contributed by atoms with Gasteiger partial charge in [0.05, 0.1) is 12.3 Å². The molecule has 0 spiro atoms. The number of nitrogens with two attached hydrogens (primary N) is 1. The molecule has 170 valence electrons. The number of hydrogen-bond acceptors (Lipinski definition) is 5. The summed E-state index contributed by atoms with van der Waals surface area (Å²) in [5.74, 6) is -0.787. The Kier molecular flexibility index (Phi) is 8.21. The third-order valence-electron chi connectivity index (χ3n) is 5.26. The molecular formula is C24H30N4O4. The van der Waals surface area contributed by atoms with Gasteiger partial charge in [-0.1, -0.05) is 18.9 Å². The van der Waals surface area contributed by atoms with Crippen molar-refractivity contribution in [1.82, 2.24) is 9.13 Å². The molecule has 0 bridgehead atoms. The van der Waals surface area contributed by atoms with E-state index < -0.39 is 5.97 Å². The van der Waals surface area contributed by atoms with Gasteiger partial charge in [0.2, 0.25) is 0 Å². The zero-order valence-corrected chi connectivity index (χ0v) is 18.4. The van der Waals surface area contributed by atoms with Gasteiger partial charge in [0.25, 0.3) is 11.5 Å². The number of esters is 1. The average Bonchev–Trinajstić information content (AvgIpc) is 3.19. The maximum Gasteiger partial charge on any atom is 0.326 e. The highest BCUT2D eigenvalue weighted by molar-refractivity contribution is 6.12. The molecule has 3 aromatic rings.